The third-order valence-corrected chi connectivity index (χ3v) is 1.76. The van der Waals surface area contributed by atoms with Gasteiger partial charge >= 0.3 is 5.69 Å². The standard InChI is InChI=1S/C9H13N3O3/c1-3-15-6-10-9-8(12(13)14)5-4-7(2)11-9/h4-5H,3,6H2,1-2H3,(H,10,11). The first kappa shape index (κ1) is 11.4. The van der Waals surface area contributed by atoms with Gasteiger partial charge in [0.05, 0.1) is 4.92 Å². The van der Waals surface area contributed by atoms with E-state index in [1.54, 1.807) is 13.0 Å². The number of pyridine rings is 1. The molecule has 0 bridgehead atoms. The molecule has 0 amide bonds. The van der Waals surface area contributed by atoms with Crippen molar-refractivity contribution in [3.63, 3.8) is 0 Å². The van der Waals surface area contributed by atoms with Crippen LogP contribution in [0.15, 0.2) is 12.1 Å². The molecule has 0 saturated carbocycles. The van der Waals surface area contributed by atoms with Gasteiger partial charge in [0, 0.05) is 18.4 Å². The van der Waals surface area contributed by atoms with Gasteiger partial charge in [-0.1, -0.05) is 0 Å². The van der Waals surface area contributed by atoms with Crippen LogP contribution in [-0.4, -0.2) is 23.2 Å². The lowest BCUT2D eigenvalue weighted by atomic mass is 10.3. The molecule has 0 spiro atoms. The predicted molar refractivity (Wildman–Crippen MR) is 55.7 cm³/mol. The maximum Gasteiger partial charge on any atom is 0.311 e. The van der Waals surface area contributed by atoms with Crippen LogP contribution in [0, 0.1) is 17.0 Å². The van der Waals surface area contributed by atoms with Crippen molar-refractivity contribution < 1.29 is 9.66 Å². The van der Waals surface area contributed by atoms with Gasteiger partial charge in [0.15, 0.2) is 0 Å². The summed E-state index contributed by atoms with van der Waals surface area (Å²) in [5, 5.41) is 13.4. The van der Waals surface area contributed by atoms with Crippen molar-refractivity contribution in [1.82, 2.24) is 4.98 Å². The third-order valence-electron chi connectivity index (χ3n) is 1.76. The molecular weight excluding hydrogens is 198 g/mol. The molecule has 1 heterocycles. The number of nitrogens with zero attached hydrogens (tertiary/aromatic N) is 2. The zero-order valence-electron chi connectivity index (χ0n) is 8.69. The Morgan fingerprint density at radius 2 is 2.33 bits per heavy atom. The van der Waals surface area contributed by atoms with E-state index in [-0.39, 0.29) is 18.2 Å². The molecule has 15 heavy (non-hydrogen) atoms. The molecule has 0 aromatic carbocycles. The Hall–Kier alpha value is -1.69. The number of ether oxygens (including phenoxy) is 1. The largest absolute Gasteiger partial charge is 0.362 e. The van der Waals surface area contributed by atoms with Crippen LogP contribution in [0.1, 0.15) is 12.6 Å². The molecule has 82 valence electrons. The summed E-state index contributed by atoms with van der Waals surface area (Å²) in [6.45, 7) is 4.38. The van der Waals surface area contributed by atoms with Crippen LogP contribution in [-0.2, 0) is 4.74 Å². The second kappa shape index (κ2) is 5.26. The van der Waals surface area contributed by atoms with Crippen molar-refractivity contribution in [2.75, 3.05) is 18.7 Å². The number of nitrogens with one attached hydrogen (secondary N) is 1. The molecule has 1 rings (SSSR count). The Kier molecular flexibility index (Phi) is 3.99. The summed E-state index contributed by atoms with van der Waals surface area (Å²) in [6, 6.07) is 3.03. The summed E-state index contributed by atoms with van der Waals surface area (Å²) >= 11 is 0. The highest BCUT2D eigenvalue weighted by molar-refractivity contribution is 5.55. The first-order chi connectivity index (χ1) is 7.15. The number of aromatic nitrogens is 1. The number of anilines is 1. The van der Waals surface area contributed by atoms with Crippen LogP contribution < -0.4 is 5.32 Å². The summed E-state index contributed by atoms with van der Waals surface area (Å²) in [7, 11) is 0. The summed E-state index contributed by atoms with van der Waals surface area (Å²) in [4.78, 5) is 14.2. The Bertz CT molecular complexity index is 354. The normalized spacial score (nSPS) is 10.0. The van der Waals surface area contributed by atoms with Crippen molar-refractivity contribution in [3.05, 3.63) is 27.9 Å². The van der Waals surface area contributed by atoms with E-state index in [0.29, 0.717) is 6.61 Å². The van der Waals surface area contributed by atoms with Gasteiger partial charge in [-0.25, -0.2) is 4.98 Å². The SMILES string of the molecule is CCOCNc1nc(C)ccc1[N+](=O)[O-]. The average Bonchev–Trinajstić information content (AvgIpc) is 2.18. The fourth-order valence-electron chi connectivity index (χ4n) is 1.05. The van der Waals surface area contributed by atoms with Crippen molar-refractivity contribution in [2.24, 2.45) is 0 Å². The molecule has 1 N–H and O–H groups in total. The quantitative estimate of drug-likeness (QED) is 0.347. The number of rotatable bonds is 5. The minimum absolute atomic E-state index is 0.0414. The summed E-state index contributed by atoms with van der Waals surface area (Å²) in [5.41, 5.74) is 0.680. The molecule has 0 aliphatic heterocycles. The van der Waals surface area contributed by atoms with Gasteiger partial charge in [-0.15, -0.1) is 0 Å². The van der Waals surface area contributed by atoms with Gasteiger partial charge < -0.3 is 10.1 Å². The van der Waals surface area contributed by atoms with Crippen molar-refractivity contribution in [1.29, 1.82) is 0 Å². The number of aryl methyl sites for hydroxylation is 1. The number of nitro groups is 1. The van der Waals surface area contributed by atoms with E-state index < -0.39 is 4.92 Å². The summed E-state index contributed by atoms with van der Waals surface area (Å²) in [6.07, 6.45) is 0. The minimum Gasteiger partial charge on any atom is -0.362 e. The molecule has 1 aromatic heterocycles. The highest BCUT2D eigenvalue weighted by atomic mass is 16.6. The Morgan fingerprint density at radius 1 is 1.60 bits per heavy atom. The highest BCUT2D eigenvalue weighted by Crippen LogP contribution is 2.21. The van der Waals surface area contributed by atoms with Crippen LogP contribution in [0.25, 0.3) is 0 Å². The van der Waals surface area contributed by atoms with E-state index in [9.17, 15) is 10.1 Å². The number of hydrogen-bond donors (Lipinski definition) is 1. The smallest absolute Gasteiger partial charge is 0.311 e. The average molecular weight is 211 g/mol. The maximum atomic E-state index is 10.7. The minimum atomic E-state index is -0.472. The fourth-order valence-corrected chi connectivity index (χ4v) is 1.05. The molecule has 0 radical (unpaired) electrons. The zero-order chi connectivity index (χ0) is 11.3. The lowest BCUT2D eigenvalue weighted by molar-refractivity contribution is -0.384. The van der Waals surface area contributed by atoms with Crippen LogP contribution in [0.5, 0.6) is 0 Å². The topological polar surface area (TPSA) is 77.3 Å². The molecule has 0 fully saturated rings. The molecule has 0 atom stereocenters. The van der Waals surface area contributed by atoms with Crippen molar-refractivity contribution in [3.8, 4) is 0 Å². The van der Waals surface area contributed by atoms with Gasteiger partial charge in [0.2, 0.25) is 5.82 Å². The van der Waals surface area contributed by atoms with Gasteiger partial charge in [-0.3, -0.25) is 10.1 Å². The van der Waals surface area contributed by atoms with Crippen LogP contribution >= 0.6 is 0 Å². The molecule has 6 heteroatoms. The molecule has 0 unspecified atom stereocenters. The van der Waals surface area contributed by atoms with E-state index in [1.807, 2.05) is 6.92 Å². The molecule has 0 aliphatic carbocycles. The summed E-state index contributed by atoms with van der Waals surface area (Å²) in [5.74, 6) is 0.244. The van der Waals surface area contributed by atoms with Gasteiger partial charge in [-0.2, -0.15) is 0 Å². The molecule has 0 saturated heterocycles. The third kappa shape index (κ3) is 3.17. The predicted octanol–water partition coefficient (Wildman–Crippen LogP) is 1.70. The second-order valence-corrected chi connectivity index (χ2v) is 2.89. The van der Waals surface area contributed by atoms with Crippen molar-refractivity contribution >= 4 is 11.5 Å². The molecule has 1 aromatic rings. The van der Waals surface area contributed by atoms with E-state index >= 15 is 0 Å². The van der Waals surface area contributed by atoms with Crippen LogP contribution in [0.3, 0.4) is 0 Å². The zero-order valence-corrected chi connectivity index (χ0v) is 8.69. The van der Waals surface area contributed by atoms with Gasteiger partial charge in [0.25, 0.3) is 0 Å². The highest BCUT2D eigenvalue weighted by Gasteiger charge is 2.14. The summed E-state index contributed by atoms with van der Waals surface area (Å²) < 4.78 is 5.04. The second-order valence-electron chi connectivity index (χ2n) is 2.89. The lowest BCUT2D eigenvalue weighted by Gasteiger charge is -2.06. The first-order valence-corrected chi connectivity index (χ1v) is 4.58. The van der Waals surface area contributed by atoms with E-state index in [0.717, 1.165) is 5.69 Å². The maximum absolute atomic E-state index is 10.7. The van der Waals surface area contributed by atoms with E-state index in [2.05, 4.69) is 10.3 Å². The van der Waals surface area contributed by atoms with Crippen LogP contribution in [0.4, 0.5) is 11.5 Å². The number of hydrogen-bond acceptors (Lipinski definition) is 5. The first-order valence-electron chi connectivity index (χ1n) is 4.58. The van der Waals surface area contributed by atoms with Gasteiger partial charge in [0.1, 0.15) is 6.73 Å². The van der Waals surface area contributed by atoms with Gasteiger partial charge in [-0.05, 0) is 19.9 Å². The Morgan fingerprint density at radius 3 is 2.93 bits per heavy atom. The lowest BCUT2D eigenvalue weighted by Crippen LogP contribution is -2.09. The molecule has 6 nitrogen and oxygen atoms in total. The van der Waals surface area contributed by atoms with Crippen molar-refractivity contribution in [2.45, 2.75) is 13.8 Å². The van der Waals surface area contributed by atoms with E-state index in [1.165, 1.54) is 6.07 Å². The fraction of sp³-hybridized carbons (Fsp3) is 0.444. The molecular formula is C9H13N3O3. The molecule has 0 aliphatic rings. The monoisotopic (exact) mass is 211 g/mol. The Balaban J connectivity index is 2.82. The Labute approximate surface area is 87.4 Å². The van der Waals surface area contributed by atoms with E-state index in [4.69, 9.17) is 4.74 Å². The van der Waals surface area contributed by atoms with Crippen LogP contribution in [0.2, 0.25) is 0 Å².